The molecule has 6 atom stereocenters. The molecular weight excluding hydrogens is 204 g/mol. The first-order valence-electron chi connectivity index (χ1n) is 5.75. The number of aliphatic hydroxyl groups excluding tert-OH is 1. The van der Waals surface area contributed by atoms with Crippen molar-refractivity contribution in [3.05, 3.63) is 35.9 Å². The lowest BCUT2D eigenvalue weighted by Crippen LogP contribution is -2.28. The fraction of sp³-hybridized carbons (Fsp3) is 0.500. The van der Waals surface area contributed by atoms with Crippen molar-refractivity contribution < 1.29 is 9.84 Å². The van der Waals surface area contributed by atoms with E-state index in [2.05, 4.69) is 34.5 Å². The highest BCUT2D eigenvalue weighted by Crippen LogP contribution is 2.43. The lowest BCUT2D eigenvalue weighted by Gasteiger charge is -2.13. The van der Waals surface area contributed by atoms with Crippen molar-refractivity contribution >= 4 is 0 Å². The molecule has 3 aliphatic heterocycles. The van der Waals surface area contributed by atoms with Crippen molar-refractivity contribution in [2.45, 2.75) is 30.6 Å². The minimum Gasteiger partial charge on any atom is -0.366 e. The van der Waals surface area contributed by atoms with Crippen LogP contribution in [0, 0.1) is 0 Å². The van der Waals surface area contributed by atoms with Crippen molar-refractivity contribution in [3.63, 3.8) is 0 Å². The second-order valence-electron chi connectivity index (χ2n) is 4.76. The van der Waals surface area contributed by atoms with Crippen LogP contribution in [0.3, 0.4) is 0 Å². The lowest BCUT2D eigenvalue weighted by atomic mass is 10.1. The Morgan fingerprint density at radius 3 is 2.75 bits per heavy atom. The third-order valence-corrected chi connectivity index (χ3v) is 3.71. The third kappa shape index (κ3) is 1.25. The average Bonchev–Trinajstić information content (AvgIpc) is 3.22. The monoisotopic (exact) mass is 218 g/mol. The normalized spacial score (nSPS) is 48.8. The molecule has 0 radical (unpaired) electrons. The lowest BCUT2D eigenvalue weighted by molar-refractivity contribution is -0.112. The quantitative estimate of drug-likeness (QED) is 0.689. The van der Waals surface area contributed by atoms with Gasteiger partial charge in [0.05, 0.1) is 18.1 Å². The molecule has 0 spiro atoms. The van der Waals surface area contributed by atoms with E-state index in [0.717, 1.165) is 6.54 Å². The van der Waals surface area contributed by atoms with Gasteiger partial charge in [-0.05, 0) is 5.56 Å². The Morgan fingerprint density at radius 2 is 2.12 bits per heavy atom. The van der Waals surface area contributed by atoms with Gasteiger partial charge in [-0.2, -0.15) is 0 Å². The first kappa shape index (κ1) is 9.13. The van der Waals surface area contributed by atoms with Gasteiger partial charge in [-0.3, -0.25) is 4.90 Å². The Balaban J connectivity index is 1.49. The van der Waals surface area contributed by atoms with Gasteiger partial charge in [-0.15, -0.1) is 0 Å². The molecule has 16 heavy (non-hydrogen) atoms. The van der Waals surface area contributed by atoms with Crippen molar-refractivity contribution in [3.8, 4) is 0 Å². The fourth-order valence-electron chi connectivity index (χ4n) is 2.68. The van der Waals surface area contributed by atoms with Crippen LogP contribution in [0.5, 0.6) is 0 Å². The number of hydrogen-bond donors (Lipinski definition) is 2. The second-order valence-corrected chi connectivity index (χ2v) is 4.76. The van der Waals surface area contributed by atoms with Crippen LogP contribution >= 0.6 is 0 Å². The summed E-state index contributed by atoms with van der Waals surface area (Å²) < 4.78 is 5.52. The second kappa shape index (κ2) is 3.05. The number of aliphatic hydroxyl groups is 1. The number of nitrogens with one attached hydrogen (secondary N) is 1. The maximum Gasteiger partial charge on any atom is 0.173 e. The number of hydrogen-bond acceptors (Lipinski definition) is 4. The fourth-order valence-corrected chi connectivity index (χ4v) is 2.68. The minimum atomic E-state index is -0.580. The number of ether oxygens (including phenoxy) is 1. The number of rotatable bonds is 2. The summed E-state index contributed by atoms with van der Waals surface area (Å²) in [5.41, 5.74) is 1.30. The molecular formula is C12H14N2O2. The summed E-state index contributed by atoms with van der Waals surface area (Å²) in [6.07, 6.45) is -0.519. The van der Waals surface area contributed by atoms with Gasteiger partial charge in [0.1, 0.15) is 6.23 Å². The van der Waals surface area contributed by atoms with E-state index < -0.39 is 6.29 Å². The van der Waals surface area contributed by atoms with Gasteiger partial charge in [-0.25, -0.2) is 0 Å². The molecule has 3 saturated heterocycles. The zero-order valence-electron chi connectivity index (χ0n) is 8.78. The van der Waals surface area contributed by atoms with Gasteiger partial charge in [-0.1, -0.05) is 30.3 Å². The molecule has 3 fully saturated rings. The van der Waals surface area contributed by atoms with Crippen LogP contribution in [0.2, 0.25) is 0 Å². The van der Waals surface area contributed by atoms with Gasteiger partial charge >= 0.3 is 0 Å². The van der Waals surface area contributed by atoms with Gasteiger partial charge < -0.3 is 15.2 Å². The molecule has 1 aromatic carbocycles. The molecule has 6 unspecified atom stereocenters. The van der Waals surface area contributed by atoms with Gasteiger partial charge in [0.15, 0.2) is 6.29 Å². The molecule has 0 aromatic heterocycles. The van der Waals surface area contributed by atoms with E-state index in [1.54, 1.807) is 0 Å². The van der Waals surface area contributed by atoms with Crippen LogP contribution in [0.4, 0.5) is 0 Å². The van der Waals surface area contributed by atoms with Crippen molar-refractivity contribution in [2.24, 2.45) is 0 Å². The molecule has 4 heteroatoms. The topological polar surface area (TPSA) is 54.4 Å². The molecule has 2 N–H and O–H groups in total. The third-order valence-electron chi connectivity index (χ3n) is 3.71. The van der Waals surface area contributed by atoms with Crippen molar-refractivity contribution in [1.82, 2.24) is 10.2 Å². The molecule has 3 aliphatic rings. The molecule has 3 heterocycles. The van der Waals surface area contributed by atoms with E-state index in [1.165, 1.54) is 5.56 Å². The zero-order valence-corrected chi connectivity index (χ0v) is 8.78. The predicted molar refractivity (Wildman–Crippen MR) is 57.5 cm³/mol. The first-order chi connectivity index (χ1) is 7.84. The highest BCUT2D eigenvalue weighted by atomic mass is 16.6. The number of nitrogens with zero attached hydrogens (tertiary/aromatic N) is 1. The molecule has 4 nitrogen and oxygen atoms in total. The van der Waals surface area contributed by atoms with E-state index in [0.29, 0.717) is 12.1 Å². The Labute approximate surface area is 93.8 Å². The summed E-state index contributed by atoms with van der Waals surface area (Å²) in [7, 11) is 0. The summed E-state index contributed by atoms with van der Waals surface area (Å²) in [5.74, 6) is 0. The smallest absolute Gasteiger partial charge is 0.173 e. The standard InChI is InChI=1S/C12H14N2O2/c15-12-8-6-14(8)11(16-12)10-9(13-10)7-4-2-1-3-5-7/h1-5,8-13,15H,6H2. The van der Waals surface area contributed by atoms with Crippen molar-refractivity contribution in [1.29, 1.82) is 0 Å². The molecule has 0 saturated carbocycles. The maximum atomic E-state index is 9.55. The number of fused-ring (bicyclic) bond motifs is 1. The van der Waals surface area contributed by atoms with E-state index >= 15 is 0 Å². The average molecular weight is 218 g/mol. The predicted octanol–water partition coefficient (Wildman–Crippen LogP) is 0.0584. The van der Waals surface area contributed by atoms with Gasteiger partial charge in [0, 0.05) is 6.54 Å². The van der Waals surface area contributed by atoms with Crippen molar-refractivity contribution in [2.75, 3.05) is 6.54 Å². The van der Waals surface area contributed by atoms with Crippen LogP contribution in [0.15, 0.2) is 30.3 Å². The summed E-state index contributed by atoms with van der Waals surface area (Å²) in [4.78, 5) is 2.21. The van der Waals surface area contributed by atoms with Crippen LogP contribution in [0.1, 0.15) is 11.6 Å². The zero-order chi connectivity index (χ0) is 10.7. The van der Waals surface area contributed by atoms with Crippen LogP contribution in [0.25, 0.3) is 0 Å². The van der Waals surface area contributed by atoms with E-state index in [9.17, 15) is 5.11 Å². The largest absolute Gasteiger partial charge is 0.366 e. The van der Waals surface area contributed by atoms with Crippen LogP contribution in [-0.2, 0) is 4.74 Å². The van der Waals surface area contributed by atoms with Crippen LogP contribution in [-0.4, -0.2) is 41.2 Å². The molecule has 4 rings (SSSR count). The Morgan fingerprint density at radius 1 is 1.31 bits per heavy atom. The first-order valence-corrected chi connectivity index (χ1v) is 5.75. The summed E-state index contributed by atoms with van der Waals surface area (Å²) >= 11 is 0. The maximum absolute atomic E-state index is 9.55. The Hall–Kier alpha value is -0.940. The van der Waals surface area contributed by atoms with Crippen LogP contribution < -0.4 is 5.32 Å². The molecule has 1 aromatic rings. The van der Waals surface area contributed by atoms with E-state index in [4.69, 9.17) is 4.74 Å². The molecule has 84 valence electrons. The Kier molecular flexibility index (Phi) is 1.74. The Bertz CT molecular complexity index is 411. The summed E-state index contributed by atoms with van der Waals surface area (Å²) in [5, 5.41) is 13.0. The number of benzene rings is 1. The summed E-state index contributed by atoms with van der Waals surface area (Å²) in [6, 6.07) is 11.4. The molecule has 0 bridgehead atoms. The van der Waals surface area contributed by atoms with Gasteiger partial charge in [0.25, 0.3) is 0 Å². The van der Waals surface area contributed by atoms with E-state index in [1.807, 2.05) is 6.07 Å². The molecule has 0 amide bonds. The highest BCUT2D eigenvalue weighted by Gasteiger charge is 2.60. The molecule has 0 aliphatic carbocycles. The summed E-state index contributed by atoms with van der Waals surface area (Å²) in [6.45, 7) is 0.978. The minimum absolute atomic E-state index is 0.0604. The van der Waals surface area contributed by atoms with E-state index in [-0.39, 0.29) is 12.3 Å². The SMILES string of the molecule is OC1OC(C2NC2c2ccccc2)N2CC12. The van der Waals surface area contributed by atoms with Gasteiger partial charge in [0.2, 0.25) is 0 Å². The highest BCUT2D eigenvalue weighted by molar-refractivity contribution is 5.28.